The maximum absolute atomic E-state index is 12.6. The number of carbonyl (C=O) groups excluding carboxylic acids is 3. The second-order valence-corrected chi connectivity index (χ2v) is 22.1. The predicted octanol–water partition coefficient (Wildman–Crippen LogP) is 2.40. The number of anilines is 1. The van der Waals surface area contributed by atoms with E-state index >= 15 is 0 Å². The standard InChI is InChI=1S/C39H70N7O17P3S/c1-4-5-6-7-8-9-10-11-12-13-14-15-16-17-18-19-30(48)67-23-22-41-29(47)20-21-42-37(51)34(50)39(2,3)25-60-66(57,58)63-65(55,56)59-24-28-33(62-64(52,53)54)32(49)38(61-28)46-27-45-31-35(40)43-26-44-36(31)46/h26-28,32-34,38,49-50H,4-25H2,1-3H3,(H,41,47)(H,42,51)(H,55,56)(H,57,58)(H2,40,43,44)(H2,52,53,54)/p-4/t28-,32-,33-,34+,38-/m1/s1. The van der Waals surface area contributed by atoms with Crippen LogP contribution in [-0.4, -0.2) is 103 Å². The van der Waals surface area contributed by atoms with Gasteiger partial charge in [0.25, 0.3) is 15.6 Å². The van der Waals surface area contributed by atoms with E-state index < -0.39 is 84.6 Å². The summed E-state index contributed by atoms with van der Waals surface area (Å²) in [5.41, 5.74) is 4.10. The lowest BCUT2D eigenvalue weighted by Gasteiger charge is -2.36. The Labute approximate surface area is 395 Å². The number of phosphoric ester groups is 3. The van der Waals surface area contributed by atoms with Crippen molar-refractivity contribution in [2.75, 3.05) is 37.8 Å². The molecule has 6 N–H and O–H groups in total. The summed E-state index contributed by atoms with van der Waals surface area (Å²) in [7, 11) is -17.6. The largest absolute Gasteiger partial charge is 0.790 e. The third-order valence-corrected chi connectivity index (χ3v) is 14.7. The molecule has 1 fully saturated rings. The Morgan fingerprint density at radius 3 is 2.04 bits per heavy atom. The van der Waals surface area contributed by atoms with E-state index in [1.165, 1.54) is 90.9 Å². The fourth-order valence-electron chi connectivity index (χ4n) is 6.99. The molecule has 2 unspecified atom stereocenters. The molecule has 3 rings (SSSR count). The molecule has 0 spiro atoms. The number of phosphoric acid groups is 3. The van der Waals surface area contributed by atoms with Gasteiger partial charge in [-0.25, -0.2) is 19.3 Å². The first-order valence-corrected chi connectivity index (χ1v) is 27.9. The number of aliphatic hydroxyl groups is 2. The molecule has 0 aliphatic carbocycles. The summed E-state index contributed by atoms with van der Waals surface area (Å²) < 4.78 is 60.8. The summed E-state index contributed by atoms with van der Waals surface area (Å²) in [4.78, 5) is 96.8. The lowest BCUT2D eigenvalue weighted by molar-refractivity contribution is -0.347. The number of imidazole rings is 1. The van der Waals surface area contributed by atoms with Gasteiger partial charge in [0.2, 0.25) is 11.8 Å². The van der Waals surface area contributed by atoms with Crippen LogP contribution in [0.15, 0.2) is 12.7 Å². The van der Waals surface area contributed by atoms with Crippen molar-refractivity contribution in [2.24, 2.45) is 5.41 Å². The molecule has 2 amide bonds. The second kappa shape index (κ2) is 29.0. The van der Waals surface area contributed by atoms with Gasteiger partial charge in [0.1, 0.15) is 36.3 Å². The highest BCUT2D eigenvalue weighted by Gasteiger charge is 2.47. The van der Waals surface area contributed by atoms with Crippen LogP contribution in [0.4, 0.5) is 5.82 Å². The number of amides is 2. The van der Waals surface area contributed by atoms with E-state index in [0.29, 0.717) is 12.2 Å². The van der Waals surface area contributed by atoms with Crippen molar-refractivity contribution in [3.63, 3.8) is 0 Å². The van der Waals surface area contributed by atoms with Crippen molar-refractivity contribution >= 4 is 69.1 Å². The number of nitrogens with zero attached hydrogens (tertiary/aromatic N) is 4. The highest BCUT2D eigenvalue weighted by atomic mass is 32.2. The number of carbonyl (C=O) groups is 3. The van der Waals surface area contributed by atoms with Crippen LogP contribution in [0, 0.1) is 5.41 Å². The zero-order valence-corrected chi connectivity index (χ0v) is 41.7. The van der Waals surface area contributed by atoms with Gasteiger partial charge in [-0.05, 0) is 6.42 Å². The third-order valence-electron chi connectivity index (χ3n) is 10.7. The number of fused-ring (bicyclic) bond motifs is 1. The van der Waals surface area contributed by atoms with Crippen LogP contribution >= 0.6 is 35.2 Å². The average Bonchev–Trinajstić information content (AvgIpc) is 3.81. The number of nitrogens with two attached hydrogens (primary N) is 1. The minimum Gasteiger partial charge on any atom is -0.790 e. The van der Waals surface area contributed by atoms with Gasteiger partial charge in [-0.1, -0.05) is 122 Å². The number of rotatable bonds is 35. The first-order chi connectivity index (χ1) is 31.6. The van der Waals surface area contributed by atoms with Gasteiger partial charge in [-0.2, -0.15) is 0 Å². The Kier molecular flexibility index (Phi) is 25.5. The predicted molar refractivity (Wildman–Crippen MR) is 238 cm³/mol. The van der Waals surface area contributed by atoms with E-state index in [2.05, 4.69) is 50.4 Å². The molecule has 7 atom stereocenters. The van der Waals surface area contributed by atoms with E-state index in [1.54, 1.807) is 0 Å². The van der Waals surface area contributed by atoms with Crippen LogP contribution in [-0.2, 0) is 50.7 Å². The molecule has 1 saturated heterocycles. The Morgan fingerprint density at radius 2 is 1.45 bits per heavy atom. The topological polar surface area (TPSA) is 375 Å². The molecule has 0 saturated carbocycles. The average molecular weight is 1030 g/mol. The lowest BCUT2D eigenvalue weighted by atomic mass is 9.87. The Bertz CT molecular complexity index is 2000. The van der Waals surface area contributed by atoms with Gasteiger partial charge in [0.05, 0.1) is 27.4 Å². The smallest absolute Gasteiger partial charge is 0.274 e. The first kappa shape index (κ1) is 58.9. The molecule has 0 bridgehead atoms. The Balaban J connectivity index is 1.30. The van der Waals surface area contributed by atoms with E-state index in [0.717, 1.165) is 48.2 Å². The molecule has 1 aliphatic rings. The molecule has 0 aromatic carbocycles. The number of nitrogen functional groups attached to an aromatic ring is 1. The SMILES string of the molecule is CCCCCCCCCCCCCCCCCC(=O)SCCNC(=O)CCNC(=O)[C@H](O)C(C)(C)COP(=O)([O-])OP(=O)([O-])OC[C@H]1O[C@@H](n2cnc3c(N)ncnc32)[C@H](O)[C@@H]1OP(=O)([O-])[O-]. The molecular formula is C39H66N7O17P3S-4. The van der Waals surface area contributed by atoms with Gasteiger partial charge in [-0.15, -0.1) is 0 Å². The summed E-state index contributed by atoms with van der Waals surface area (Å²) in [6, 6.07) is 0. The Hall–Kier alpha value is -2.44. The van der Waals surface area contributed by atoms with Gasteiger partial charge in [-0.3, -0.25) is 28.1 Å². The minimum atomic E-state index is -5.92. The summed E-state index contributed by atoms with van der Waals surface area (Å²) in [6.45, 7) is 2.42. The third kappa shape index (κ3) is 22.0. The zero-order valence-electron chi connectivity index (χ0n) is 38.2. The number of aromatic nitrogens is 4. The molecule has 3 heterocycles. The molecule has 1 aliphatic heterocycles. The highest BCUT2D eigenvalue weighted by molar-refractivity contribution is 8.13. The number of unbranched alkanes of at least 4 members (excludes halogenated alkanes) is 14. The molecule has 2 aromatic rings. The van der Waals surface area contributed by atoms with Crippen LogP contribution in [0.5, 0.6) is 0 Å². The van der Waals surface area contributed by atoms with Crippen LogP contribution in [0.1, 0.15) is 136 Å². The van der Waals surface area contributed by atoms with Crippen LogP contribution in [0.25, 0.3) is 11.2 Å². The molecular weight excluding hydrogens is 963 g/mol. The number of thioether (sulfide) groups is 1. The zero-order chi connectivity index (χ0) is 49.7. The highest BCUT2D eigenvalue weighted by Crippen LogP contribution is 2.56. The first-order valence-electron chi connectivity index (χ1n) is 22.5. The quantitative estimate of drug-likeness (QED) is 0.0489. The van der Waals surface area contributed by atoms with Crippen molar-refractivity contribution in [1.82, 2.24) is 30.2 Å². The van der Waals surface area contributed by atoms with Crippen molar-refractivity contribution in [3.05, 3.63) is 12.7 Å². The number of aliphatic hydroxyl groups excluding tert-OH is 2. The fourth-order valence-corrected chi connectivity index (χ4v) is 10.4. The van der Waals surface area contributed by atoms with Gasteiger partial charge in [0.15, 0.2) is 22.8 Å². The minimum absolute atomic E-state index is 0.0179. The van der Waals surface area contributed by atoms with Gasteiger partial charge < -0.3 is 69.0 Å². The second-order valence-electron chi connectivity index (χ2n) is 16.9. The van der Waals surface area contributed by atoms with Crippen LogP contribution < -0.4 is 35.9 Å². The summed E-state index contributed by atoms with van der Waals surface area (Å²) >= 11 is 1.15. The number of nitrogens with one attached hydrogen (secondary N) is 2. The van der Waals surface area contributed by atoms with E-state index in [1.807, 2.05) is 0 Å². The van der Waals surface area contributed by atoms with Gasteiger partial charge in [0, 0.05) is 37.1 Å². The summed E-state index contributed by atoms with van der Waals surface area (Å²) in [5, 5.41) is 26.5. The normalized spacial score (nSPS) is 20.1. The molecule has 384 valence electrons. The fraction of sp³-hybridized carbons (Fsp3) is 0.795. The summed E-state index contributed by atoms with van der Waals surface area (Å²) in [5.74, 6) is -1.12. The van der Waals surface area contributed by atoms with E-state index in [9.17, 15) is 57.9 Å². The monoisotopic (exact) mass is 1030 g/mol. The summed E-state index contributed by atoms with van der Waals surface area (Å²) in [6.07, 6.45) is 11.6. The van der Waals surface area contributed by atoms with Crippen molar-refractivity contribution in [1.29, 1.82) is 0 Å². The molecule has 0 radical (unpaired) electrons. The van der Waals surface area contributed by atoms with E-state index in [-0.39, 0.29) is 41.6 Å². The van der Waals surface area contributed by atoms with Crippen molar-refractivity contribution in [3.8, 4) is 0 Å². The molecule has 28 heteroatoms. The van der Waals surface area contributed by atoms with Crippen LogP contribution in [0.2, 0.25) is 0 Å². The number of ether oxygens (including phenoxy) is 1. The maximum Gasteiger partial charge on any atom is 0.274 e. The van der Waals surface area contributed by atoms with Crippen molar-refractivity contribution in [2.45, 2.75) is 161 Å². The number of hydrogen-bond acceptors (Lipinski definition) is 22. The van der Waals surface area contributed by atoms with E-state index in [4.69, 9.17) is 10.5 Å². The van der Waals surface area contributed by atoms with Gasteiger partial charge >= 0.3 is 0 Å². The van der Waals surface area contributed by atoms with Crippen molar-refractivity contribution < 1.29 is 80.5 Å². The molecule has 2 aromatic heterocycles. The molecule has 67 heavy (non-hydrogen) atoms. The number of hydrogen-bond donors (Lipinski definition) is 5. The van der Waals surface area contributed by atoms with Crippen LogP contribution in [0.3, 0.4) is 0 Å². The molecule has 24 nitrogen and oxygen atoms in total. The Morgan fingerprint density at radius 1 is 0.866 bits per heavy atom. The maximum atomic E-state index is 12.6. The lowest BCUT2D eigenvalue weighted by Crippen LogP contribution is -2.46.